The van der Waals surface area contributed by atoms with Gasteiger partial charge in [-0.25, -0.2) is 0 Å². The minimum atomic E-state index is -0.966. The van der Waals surface area contributed by atoms with E-state index in [0.717, 1.165) is 32.9 Å². The molecule has 0 aliphatic carbocycles. The standard InChI is InChI=1S/C22H23N5O4/c23-17(5-11-9-25-18-3-1-13(28)7-15(11)18)22(31)27-20(21(24)30)6-12-10-26-19-4-2-14(29)8-16(12)19/h1-4,7-10,17,20,25-26,28-29H,5-6,23H2,(H2,24,30)(H,27,31)/t17-,20-/m0/s1. The third-order valence-electron chi connectivity index (χ3n) is 5.36. The highest BCUT2D eigenvalue weighted by Gasteiger charge is 2.24. The summed E-state index contributed by atoms with van der Waals surface area (Å²) in [6, 6.07) is 7.88. The molecule has 2 aromatic heterocycles. The first-order valence-corrected chi connectivity index (χ1v) is 9.75. The van der Waals surface area contributed by atoms with E-state index >= 15 is 0 Å². The summed E-state index contributed by atoms with van der Waals surface area (Å²) >= 11 is 0. The van der Waals surface area contributed by atoms with Crippen LogP contribution in [0.15, 0.2) is 48.8 Å². The zero-order valence-electron chi connectivity index (χ0n) is 16.6. The van der Waals surface area contributed by atoms with Gasteiger partial charge in [0.25, 0.3) is 0 Å². The minimum absolute atomic E-state index is 0.0970. The summed E-state index contributed by atoms with van der Waals surface area (Å²) in [6.45, 7) is 0. The van der Waals surface area contributed by atoms with E-state index in [1.54, 1.807) is 48.8 Å². The molecule has 2 atom stereocenters. The van der Waals surface area contributed by atoms with E-state index < -0.39 is 23.9 Å². The van der Waals surface area contributed by atoms with Crippen LogP contribution >= 0.6 is 0 Å². The normalized spacial score (nSPS) is 13.3. The van der Waals surface area contributed by atoms with E-state index in [4.69, 9.17) is 11.5 Å². The summed E-state index contributed by atoms with van der Waals surface area (Å²) in [4.78, 5) is 30.8. The van der Waals surface area contributed by atoms with Crippen molar-refractivity contribution in [3.63, 3.8) is 0 Å². The van der Waals surface area contributed by atoms with Crippen LogP contribution in [0.5, 0.6) is 11.5 Å². The molecule has 0 unspecified atom stereocenters. The number of phenolic OH excluding ortho intramolecular Hbond substituents is 2. The quantitative estimate of drug-likeness (QED) is 0.237. The molecule has 0 fully saturated rings. The van der Waals surface area contributed by atoms with Gasteiger partial charge in [0.1, 0.15) is 17.5 Å². The summed E-state index contributed by atoms with van der Waals surface area (Å²) in [5.41, 5.74) is 14.7. The van der Waals surface area contributed by atoms with Gasteiger partial charge in [-0.3, -0.25) is 9.59 Å². The molecular weight excluding hydrogens is 398 g/mol. The van der Waals surface area contributed by atoms with Gasteiger partial charge < -0.3 is 37.0 Å². The van der Waals surface area contributed by atoms with Gasteiger partial charge in [0.05, 0.1) is 6.04 Å². The Morgan fingerprint density at radius 3 is 1.94 bits per heavy atom. The number of amides is 2. The number of aromatic nitrogens is 2. The number of carbonyl (C=O) groups excluding carboxylic acids is 2. The Morgan fingerprint density at radius 1 is 0.903 bits per heavy atom. The maximum atomic E-state index is 12.7. The van der Waals surface area contributed by atoms with Crippen molar-refractivity contribution >= 4 is 33.6 Å². The van der Waals surface area contributed by atoms with Gasteiger partial charge in [0, 0.05) is 40.6 Å². The first-order valence-electron chi connectivity index (χ1n) is 9.75. The van der Waals surface area contributed by atoms with E-state index in [-0.39, 0.29) is 24.3 Å². The predicted octanol–water partition coefficient (Wildman–Crippen LogP) is 1.14. The lowest BCUT2D eigenvalue weighted by Crippen LogP contribution is -2.51. The van der Waals surface area contributed by atoms with Gasteiger partial charge in [0.15, 0.2) is 0 Å². The van der Waals surface area contributed by atoms with Crippen molar-refractivity contribution in [1.29, 1.82) is 0 Å². The van der Waals surface area contributed by atoms with Crippen LogP contribution in [0.1, 0.15) is 11.1 Å². The van der Waals surface area contributed by atoms with Gasteiger partial charge >= 0.3 is 0 Å². The summed E-state index contributed by atoms with van der Waals surface area (Å²) in [5, 5.41) is 23.6. The van der Waals surface area contributed by atoms with Crippen LogP contribution in [0.3, 0.4) is 0 Å². The number of benzene rings is 2. The van der Waals surface area contributed by atoms with Crippen LogP contribution in [-0.4, -0.2) is 44.1 Å². The van der Waals surface area contributed by atoms with Gasteiger partial charge in [-0.2, -0.15) is 0 Å². The zero-order chi connectivity index (χ0) is 22.1. The first kappa shape index (κ1) is 20.3. The third kappa shape index (κ3) is 4.17. The van der Waals surface area contributed by atoms with Crippen LogP contribution in [-0.2, 0) is 22.4 Å². The topological polar surface area (TPSA) is 170 Å². The average Bonchev–Trinajstić information content (AvgIpc) is 3.31. The average molecular weight is 421 g/mol. The van der Waals surface area contributed by atoms with Crippen LogP contribution < -0.4 is 16.8 Å². The Bertz CT molecular complexity index is 1280. The first-order chi connectivity index (χ1) is 14.8. The van der Waals surface area contributed by atoms with E-state index in [0.29, 0.717) is 0 Å². The summed E-state index contributed by atoms with van der Waals surface area (Å²) in [7, 11) is 0. The largest absolute Gasteiger partial charge is 0.508 e. The van der Waals surface area contributed by atoms with Gasteiger partial charge in [-0.05, 0) is 53.9 Å². The minimum Gasteiger partial charge on any atom is -0.508 e. The fraction of sp³-hybridized carbons (Fsp3) is 0.182. The van der Waals surface area contributed by atoms with Crippen LogP contribution in [0.25, 0.3) is 21.8 Å². The van der Waals surface area contributed by atoms with E-state index in [2.05, 4.69) is 15.3 Å². The maximum absolute atomic E-state index is 12.7. The van der Waals surface area contributed by atoms with Crippen molar-refractivity contribution < 1.29 is 19.8 Å². The maximum Gasteiger partial charge on any atom is 0.240 e. The number of carbonyl (C=O) groups is 2. The molecule has 0 saturated heterocycles. The van der Waals surface area contributed by atoms with E-state index in [9.17, 15) is 19.8 Å². The number of rotatable bonds is 7. The second-order valence-corrected chi connectivity index (χ2v) is 7.57. The number of aromatic amines is 2. The molecular formula is C22H23N5O4. The van der Waals surface area contributed by atoms with Crippen molar-refractivity contribution in [3.8, 4) is 11.5 Å². The second-order valence-electron chi connectivity index (χ2n) is 7.57. The van der Waals surface area contributed by atoms with Crippen LogP contribution in [0.2, 0.25) is 0 Å². The number of H-pyrrole nitrogens is 2. The molecule has 9 N–H and O–H groups in total. The number of hydrogen-bond acceptors (Lipinski definition) is 5. The van der Waals surface area contributed by atoms with E-state index in [1.165, 1.54) is 0 Å². The van der Waals surface area contributed by atoms with Crippen molar-refractivity contribution in [1.82, 2.24) is 15.3 Å². The van der Waals surface area contributed by atoms with Crippen LogP contribution in [0.4, 0.5) is 0 Å². The molecule has 4 aromatic rings. The molecule has 0 aliphatic heterocycles. The van der Waals surface area contributed by atoms with Gasteiger partial charge in [-0.1, -0.05) is 0 Å². The molecule has 31 heavy (non-hydrogen) atoms. The Hall–Kier alpha value is -3.98. The molecule has 0 aliphatic rings. The van der Waals surface area contributed by atoms with Gasteiger partial charge in [0.2, 0.25) is 11.8 Å². The fourth-order valence-electron chi connectivity index (χ4n) is 3.72. The molecule has 9 heteroatoms. The lowest BCUT2D eigenvalue weighted by Gasteiger charge is -2.18. The van der Waals surface area contributed by atoms with Crippen molar-refractivity contribution in [2.75, 3.05) is 0 Å². The monoisotopic (exact) mass is 421 g/mol. The molecule has 2 amide bonds. The summed E-state index contributed by atoms with van der Waals surface area (Å²) < 4.78 is 0. The molecule has 0 radical (unpaired) electrons. The third-order valence-corrected chi connectivity index (χ3v) is 5.36. The molecule has 2 aromatic carbocycles. The second kappa shape index (κ2) is 8.04. The van der Waals surface area contributed by atoms with Crippen molar-refractivity contribution in [3.05, 3.63) is 59.9 Å². The van der Waals surface area contributed by atoms with Crippen LogP contribution in [0, 0.1) is 0 Å². The number of primary amides is 1. The molecule has 4 rings (SSSR count). The molecule has 0 saturated carbocycles. The highest BCUT2D eigenvalue weighted by Crippen LogP contribution is 2.25. The Morgan fingerprint density at radius 2 is 1.42 bits per heavy atom. The molecule has 2 heterocycles. The lowest BCUT2D eigenvalue weighted by atomic mass is 10.0. The molecule has 9 nitrogen and oxygen atoms in total. The zero-order valence-corrected chi connectivity index (χ0v) is 16.6. The van der Waals surface area contributed by atoms with Crippen molar-refractivity contribution in [2.24, 2.45) is 11.5 Å². The van der Waals surface area contributed by atoms with E-state index in [1.807, 2.05) is 0 Å². The Kier molecular flexibility index (Phi) is 5.26. The Balaban J connectivity index is 1.48. The number of nitrogens with one attached hydrogen (secondary N) is 3. The van der Waals surface area contributed by atoms with Crippen molar-refractivity contribution in [2.45, 2.75) is 24.9 Å². The number of fused-ring (bicyclic) bond motifs is 2. The predicted molar refractivity (Wildman–Crippen MR) is 116 cm³/mol. The fourth-order valence-corrected chi connectivity index (χ4v) is 3.72. The highest BCUT2D eigenvalue weighted by molar-refractivity contribution is 5.91. The highest BCUT2D eigenvalue weighted by atomic mass is 16.3. The SMILES string of the molecule is NC(=O)[C@H](Cc1c[nH]c2ccc(O)cc12)NC(=O)[C@@H](N)Cc1c[nH]c2ccc(O)cc12. The number of aromatic hydroxyl groups is 2. The summed E-state index contributed by atoms with van der Waals surface area (Å²) in [6.07, 6.45) is 3.81. The molecule has 0 spiro atoms. The van der Waals surface area contributed by atoms with Gasteiger partial charge in [-0.15, -0.1) is 0 Å². The number of nitrogens with two attached hydrogens (primary N) is 2. The Labute approximate surface area is 177 Å². The smallest absolute Gasteiger partial charge is 0.240 e. The lowest BCUT2D eigenvalue weighted by molar-refractivity contribution is -0.128. The summed E-state index contributed by atoms with van der Waals surface area (Å²) in [5.74, 6) is -0.988. The number of hydrogen-bond donors (Lipinski definition) is 7. The number of phenols is 2. The molecule has 160 valence electrons. The molecule has 0 bridgehead atoms.